The summed E-state index contributed by atoms with van der Waals surface area (Å²) in [6.45, 7) is 2.32. The number of aryl methyl sites for hydroxylation is 2. The number of hydrogen-bond acceptors (Lipinski definition) is 7. The number of hydrogen-bond donors (Lipinski definition) is 1. The van der Waals surface area contributed by atoms with Gasteiger partial charge in [0.05, 0.1) is 23.8 Å². The molecule has 0 aliphatic heterocycles. The summed E-state index contributed by atoms with van der Waals surface area (Å²) < 4.78 is 11.5. The minimum absolute atomic E-state index is 0.228. The van der Waals surface area contributed by atoms with Gasteiger partial charge in [0.1, 0.15) is 17.8 Å². The van der Waals surface area contributed by atoms with E-state index >= 15 is 0 Å². The van der Waals surface area contributed by atoms with Gasteiger partial charge in [-0.3, -0.25) is 14.5 Å². The summed E-state index contributed by atoms with van der Waals surface area (Å²) in [5.74, 6) is 0.0985. The van der Waals surface area contributed by atoms with Crippen molar-refractivity contribution in [3.05, 3.63) is 29.7 Å². The van der Waals surface area contributed by atoms with Crippen LogP contribution in [-0.4, -0.2) is 44.1 Å². The third kappa shape index (κ3) is 2.73. The maximum absolute atomic E-state index is 12.1. The number of rotatable bonds is 5. The van der Waals surface area contributed by atoms with Crippen LogP contribution in [-0.2, 0) is 7.05 Å². The standard InChI is InChI=1S/C13H14N6O3/c1-8-13(18-22-17-8)21-4-3-14-12(20)9-5-11-10(15-6-9)7-16-19(11)2/h5-7H,3-4H2,1-2H3,(H,14,20). The van der Waals surface area contributed by atoms with E-state index in [-0.39, 0.29) is 12.5 Å². The number of carbonyl (C=O) groups excluding carboxylic acids is 1. The molecule has 3 aromatic rings. The Hall–Kier alpha value is -2.97. The highest BCUT2D eigenvalue weighted by Gasteiger charge is 2.10. The predicted molar refractivity (Wildman–Crippen MR) is 75.4 cm³/mol. The molecule has 0 radical (unpaired) electrons. The molecular formula is C13H14N6O3. The zero-order chi connectivity index (χ0) is 15.5. The third-order valence-electron chi connectivity index (χ3n) is 3.10. The van der Waals surface area contributed by atoms with Gasteiger partial charge in [0.15, 0.2) is 0 Å². The van der Waals surface area contributed by atoms with E-state index in [0.717, 1.165) is 11.0 Å². The molecular weight excluding hydrogens is 288 g/mol. The molecule has 3 heterocycles. The lowest BCUT2D eigenvalue weighted by Gasteiger charge is -2.06. The van der Waals surface area contributed by atoms with E-state index in [0.29, 0.717) is 23.7 Å². The number of nitrogens with one attached hydrogen (secondary N) is 1. The maximum atomic E-state index is 12.1. The molecule has 0 aliphatic rings. The third-order valence-corrected chi connectivity index (χ3v) is 3.10. The minimum Gasteiger partial charge on any atom is -0.472 e. The normalized spacial score (nSPS) is 10.8. The Morgan fingerprint density at radius 1 is 1.41 bits per heavy atom. The minimum atomic E-state index is -0.228. The second-order valence-corrected chi connectivity index (χ2v) is 4.66. The number of ether oxygens (including phenoxy) is 1. The first-order valence-electron chi connectivity index (χ1n) is 6.63. The van der Waals surface area contributed by atoms with Crippen LogP contribution in [0.5, 0.6) is 5.88 Å². The molecule has 3 aromatic heterocycles. The van der Waals surface area contributed by atoms with Crippen LogP contribution < -0.4 is 10.1 Å². The first kappa shape index (κ1) is 14.0. The van der Waals surface area contributed by atoms with Gasteiger partial charge in [0.2, 0.25) is 0 Å². The molecule has 0 spiro atoms. The van der Waals surface area contributed by atoms with Crippen molar-refractivity contribution in [1.82, 2.24) is 30.4 Å². The van der Waals surface area contributed by atoms with Crippen LogP contribution in [0.4, 0.5) is 0 Å². The number of carbonyl (C=O) groups is 1. The van der Waals surface area contributed by atoms with E-state index < -0.39 is 0 Å². The highest BCUT2D eigenvalue weighted by molar-refractivity contribution is 5.96. The summed E-state index contributed by atoms with van der Waals surface area (Å²) in [6.07, 6.45) is 3.17. The van der Waals surface area contributed by atoms with Crippen LogP contribution in [0.1, 0.15) is 16.1 Å². The molecule has 1 N–H and O–H groups in total. The molecule has 9 heteroatoms. The second-order valence-electron chi connectivity index (χ2n) is 4.66. The summed E-state index contributed by atoms with van der Waals surface area (Å²) in [5.41, 5.74) is 2.58. The molecule has 114 valence electrons. The Morgan fingerprint density at radius 3 is 3.05 bits per heavy atom. The van der Waals surface area contributed by atoms with Gasteiger partial charge in [-0.15, -0.1) is 0 Å². The van der Waals surface area contributed by atoms with E-state index in [1.54, 1.807) is 30.9 Å². The summed E-state index contributed by atoms with van der Waals surface area (Å²) in [7, 11) is 1.80. The molecule has 0 aliphatic carbocycles. The number of nitrogens with zero attached hydrogens (tertiary/aromatic N) is 5. The van der Waals surface area contributed by atoms with Gasteiger partial charge in [-0.05, 0) is 18.1 Å². The van der Waals surface area contributed by atoms with Crippen LogP contribution in [0.3, 0.4) is 0 Å². The van der Waals surface area contributed by atoms with Crippen LogP contribution in [0, 0.1) is 6.92 Å². The van der Waals surface area contributed by atoms with Gasteiger partial charge in [0.25, 0.3) is 11.8 Å². The predicted octanol–water partition coefficient (Wildman–Crippen LogP) is 0.469. The lowest BCUT2D eigenvalue weighted by molar-refractivity contribution is 0.0946. The Bertz CT molecular complexity index is 809. The van der Waals surface area contributed by atoms with Crippen molar-refractivity contribution >= 4 is 16.9 Å². The SMILES string of the molecule is Cc1nonc1OCCNC(=O)c1cnc2cnn(C)c2c1. The number of fused-ring (bicyclic) bond motifs is 1. The summed E-state index contributed by atoms with van der Waals surface area (Å²) >= 11 is 0. The first-order valence-corrected chi connectivity index (χ1v) is 6.63. The fourth-order valence-electron chi connectivity index (χ4n) is 1.92. The molecule has 0 saturated carbocycles. The van der Waals surface area contributed by atoms with E-state index in [1.165, 1.54) is 6.20 Å². The Kier molecular flexibility index (Phi) is 3.69. The van der Waals surface area contributed by atoms with Crippen LogP contribution in [0.15, 0.2) is 23.1 Å². The molecule has 0 bridgehead atoms. The lowest BCUT2D eigenvalue weighted by Crippen LogP contribution is -2.28. The Balaban J connectivity index is 1.56. The molecule has 9 nitrogen and oxygen atoms in total. The molecule has 3 rings (SSSR count). The van der Waals surface area contributed by atoms with Crippen LogP contribution in [0.2, 0.25) is 0 Å². The number of pyridine rings is 1. The topological polar surface area (TPSA) is 108 Å². The lowest BCUT2D eigenvalue weighted by atomic mass is 10.2. The molecule has 1 amide bonds. The molecule has 0 aromatic carbocycles. The highest BCUT2D eigenvalue weighted by Crippen LogP contribution is 2.12. The van der Waals surface area contributed by atoms with E-state index in [2.05, 4.69) is 30.3 Å². The van der Waals surface area contributed by atoms with Crippen molar-refractivity contribution in [2.45, 2.75) is 6.92 Å². The molecule has 0 saturated heterocycles. The zero-order valence-electron chi connectivity index (χ0n) is 12.1. The van der Waals surface area contributed by atoms with Gasteiger partial charge in [-0.1, -0.05) is 5.16 Å². The summed E-state index contributed by atoms with van der Waals surface area (Å²) in [5, 5.41) is 14.0. The average molecular weight is 302 g/mol. The molecule has 22 heavy (non-hydrogen) atoms. The average Bonchev–Trinajstić information content (AvgIpc) is 3.10. The maximum Gasteiger partial charge on any atom is 0.278 e. The molecule has 0 fully saturated rings. The monoisotopic (exact) mass is 302 g/mol. The van der Waals surface area contributed by atoms with Gasteiger partial charge in [0, 0.05) is 13.2 Å². The van der Waals surface area contributed by atoms with E-state index in [1.807, 2.05) is 0 Å². The number of amides is 1. The van der Waals surface area contributed by atoms with Gasteiger partial charge in [-0.2, -0.15) is 5.10 Å². The molecule has 0 atom stereocenters. The summed E-state index contributed by atoms with van der Waals surface area (Å²) in [4.78, 5) is 16.3. The van der Waals surface area contributed by atoms with E-state index in [4.69, 9.17) is 4.74 Å². The largest absolute Gasteiger partial charge is 0.472 e. The fraction of sp³-hybridized carbons (Fsp3) is 0.308. The Morgan fingerprint density at radius 2 is 2.27 bits per heavy atom. The zero-order valence-corrected chi connectivity index (χ0v) is 12.1. The van der Waals surface area contributed by atoms with Crippen molar-refractivity contribution < 1.29 is 14.2 Å². The smallest absolute Gasteiger partial charge is 0.278 e. The highest BCUT2D eigenvalue weighted by atomic mass is 16.6. The van der Waals surface area contributed by atoms with Gasteiger partial charge >= 0.3 is 0 Å². The van der Waals surface area contributed by atoms with Crippen LogP contribution >= 0.6 is 0 Å². The Labute approximate surface area is 125 Å². The molecule has 0 unspecified atom stereocenters. The van der Waals surface area contributed by atoms with Gasteiger partial charge < -0.3 is 10.1 Å². The van der Waals surface area contributed by atoms with Crippen molar-refractivity contribution in [2.75, 3.05) is 13.2 Å². The second kappa shape index (κ2) is 5.80. The van der Waals surface area contributed by atoms with E-state index in [9.17, 15) is 4.79 Å². The van der Waals surface area contributed by atoms with Crippen LogP contribution in [0.25, 0.3) is 11.0 Å². The van der Waals surface area contributed by atoms with Gasteiger partial charge in [-0.25, -0.2) is 4.63 Å². The fourth-order valence-corrected chi connectivity index (χ4v) is 1.92. The number of aromatic nitrogens is 5. The summed E-state index contributed by atoms with van der Waals surface area (Å²) in [6, 6.07) is 1.75. The quantitative estimate of drug-likeness (QED) is 0.682. The van der Waals surface area contributed by atoms with Crippen molar-refractivity contribution in [3.63, 3.8) is 0 Å². The van der Waals surface area contributed by atoms with Crippen molar-refractivity contribution in [1.29, 1.82) is 0 Å². The first-order chi connectivity index (χ1) is 10.6. The van der Waals surface area contributed by atoms with Crippen molar-refractivity contribution in [2.24, 2.45) is 7.05 Å². The van der Waals surface area contributed by atoms with Crippen molar-refractivity contribution in [3.8, 4) is 5.88 Å².